The molecule has 1 aromatic carbocycles. The van der Waals surface area contributed by atoms with Crippen molar-refractivity contribution in [2.24, 2.45) is 7.05 Å². The first kappa shape index (κ1) is 14.2. The summed E-state index contributed by atoms with van der Waals surface area (Å²) >= 11 is 0. The zero-order chi connectivity index (χ0) is 15.7. The Morgan fingerprint density at radius 3 is 2.64 bits per heavy atom. The van der Waals surface area contributed by atoms with E-state index in [0.29, 0.717) is 18.8 Å². The summed E-state index contributed by atoms with van der Waals surface area (Å²) < 4.78 is 16.2. The number of hydrogen-bond donors (Lipinski definition) is 1. The minimum absolute atomic E-state index is 0.268. The molecule has 7 heteroatoms. The number of nitrogens with one attached hydrogen (secondary N) is 1. The predicted molar refractivity (Wildman–Crippen MR) is 79.9 cm³/mol. The van der Waals surface area contributed by atoms with Crippen molar-refractivity contribution >= 4 is 0 Å². The van der Waals surface area contributed by atoms with Crippen LogP contribution in [0.5, 0.6) is 0 Å². The maximum Gasteiger partial charge on any atom is 0.343 e. The summed E-state index contributed by atoms with van der Waals surface area (Å²) in [6.07, 6.45) is 0.615. The van der Waals surface area contributed by atoms with Crippen molar-refractivity contribution in [2.75, 3.05) is 0 Å². The third kappa shape index (κ3) is 2.69. The smallest absolute Gasteiger partial charge is 0.273 e. The molecule has 0 spiro atoms. The summed E-state index contributed by atoms with van der Waals surface area (Å²) in [4.78, 5) is 12.0. The maximum atomic E-state index is 12.9. The van der Waals surface area contributed by atoms with Gasteiger partial charge in [0.2, 0.25) is 0 Å². The fourth-order valence-electron chi connectivity index (χ4n) is 2.43. The van der Waals surface area contributed by atoms with Crippen LogP contribution in [-0.2, 0) is 20.0 Å². The molecule has 22 heavy (non-hydrogen) atoms. The fraction of sp³-hybridized carbons (Fsp3) is 0.267. The Labute approximate surface area is 126 Å². The first-order valence-electron chi connectivity index (χ1n) is 6.95. The van der Waals surface area contributed by atoms with E-state index in [1.54, 1.807) is 21.4 Å². The van der Waals surface area contributed by atoms with Crippen molar-refractivity contribution in [1.29, 1.82) is 0 Å². The molecule has 0 atom stereocenters. The van der Waals surface area contributed by atoms with Gasteiger partial charge in [0, 0.05) is 13.6 Å². The van der Waals surface area contributed by atoms with Crippen LogP contribution in [0.25, 0.3) is 11.5 Å². The molecule has 6 nitrogen and oxygen atoms in total. The molecule has 0 radical (unpaired) electrons. The molecular weight excluding hydrogens is 285 g/mol. The maximum absolute atomic E-state index is 12.9. The van der Waals surface area contributed by atoms with Gasteiger partial charge in [-0.05, 0) is 37.1 Å². The monoisotopic (exact) mass is 301 g/mol. The summed E-state index contributed by atoms with van der Waals surface area (Å²) in [6, 6.07) is 8.14. The van der Waals surface area contributed by atoms with Crippen molar-refractivity contribution in [3.8, 4) is 11.5 Å². The van der Waals surface area contributed by atoms with Crippen LogP contribution >= 0.6 is 0 Å². The largest absolute Gasteiger partial charge is 0.343 e. The van der Waals surface area contributed by atoms with E-state index in [1.807, 2.05) is 20.0 Å². The van der Waals surface area contributed by atoms with E-state index in [2.05, 4.69) is 15.3 Å². The molecule has 2 heterocycles. The first-order chi connectivity index (χ1) is 10.5. The molecule has 0 bridgehead atoms. The van der Waals surface area contributed by atoms with Gasteiger partial charge in [0.15, 0.2) is 5.82 Å². The highest BCUT2D eigenvalue weighted by molar-refractivity contribution is 5.50. The van der Waals surface area contributed by atoms with Crippen molar-refractivity contribution in [3.05, 3.63) is 57.9 Å². The Morgan fingerprint density at radius 1 is 1.27 bits per heavy atom. The lowest BCUT2D eigenvalue weighted by atomic mass is 10.1. The normalized spacial score (nSPS) is 11.0. The SMILES string of the molecule is Cc1cc(-c2n[nH]c(=O)n2CCc2ccc(F)cc2)n(C)n1. The summed E-state index contributed by atoms with van der Waals surface area (Å²) in [5.74, 6) is 0.283. The molecule has 114 valence electrons. The van der Waals surface area contributed by atoms with E-state index < -0.39 is 0 Å². The highest BCUT2D eigenvalue weighted by Gasteiger charge is 2.14. The van der Waals surface area contributed by atoms with E-state index in [1.165, 1.54) is 12.1 Å². The summed E-state index contributed by atoms with van der Waals surface area (Å²) in [5, 5.41) is 10.8. The van der Waals surface area contributed by atoms with Gasteiger partial charge in [0.1, 0.15) is 11.5 Å². The van der Waals surface area contributed by atoms with Crippen LogP contribution in [0.4, 0.5) is 4.39 Å². The Balaban J connectivity index is 1.88. The van der Waals surface area contributed by atoms with Gasteiger partial charge < -0.3 is 0 Å². The first-order valence-corrected chi connectivity index (χ1v) is 6.95. The average Bonchev–Trinajstić information content (AvgIpc) is 3.00. The summed E-state index contributed by atoms with van der Waals surface area (Å²) in [6.45, 7) is 2.34. The van der Waals surface area contributed by atoms with E-state index in [9.17, 15) is 9.18 Å². The van der Waals surface area contributed by atoms with E-state index in [-0.39, 0.29) is 11.5 Å². The minimum Gasteiger partial charge on any atom is -0.273 e. The van der Waals surface area contributed by atoms with Gasteiger partial charge in [-0.3, -0.25) is 9.25 Å². The summed E-state index contributed by atoms with van der Waals surface area (Å²) in [5.41, 5.74) is 2.32. The Kier molecular flexibility index (Phi) is 3.62. The van der Waals surface area contributed by atoms with Gasteiger partial charge in [0.25, 0.3) is 0 Å². The lowest BCUT2D eigenvalue weighted by Crippen LogP contribution is -2.19. The van der Waals surface area contributed by atoms with Crippen molar-refractivity contribution in [1.82, 2.24) is 24.5 Å². The summed E-state index contributed by atoms with van der Waals surface area (Å²) in [7, 11) is 1.81. The number of aryl methyl sites for hydroxylation is 3. The third-order valence-corrected chi connectivity index (χ3v) is 3.53. The molecule has 3 rings (SSSR count). The van der Waals surface area contributed by atoms with Crippen LogP contribution in [-0.4, -0.2) is 24.5 Å². The lowest BCUT2D eigenvalue weighted by Gasteiger charge is -2.06. The van der Waals surface area contributed by atoms with E-state index in [0.717, 1.165) is 17.0 Å². The molecule has 0 aliphatic rings. The molecule has 2 aromatic heterocycles. The van der Waals surface area contributed by atoms with Crippen molar-refractivity contribution in [3.63, 3.8) is 0 Å². The van der Waals surface area contributed by atoms with Crippen LogP contribution in [0.1, 0.15) is 11.3 Å². The zero-order valence-electron chi connectivity index (χ0n) is 12.4. The predicted octanol–water partition coefficient (Wildman–Crippen LogP) is 1.66. The number of rotatable bonds is 4. The number of benzene rings is 1. The van der Waals surface area contributed by atoms with Gasteiger partial charge in [0.05, 0.1) is 5.69 Å². The van der Waals surface area contributed by atoms with E-state index in [4.69, 9.17) is 0 Å². The highest BCUT2D eigenvalue weighted by Crippen LogP contribution is 2.16. The average molecular weight is 301 g/mol. The molecule has 0 amide bonds. The number of hydrogen-bond acceptors (Lipinski definition) is 3. The molecule has 0 aliphatic carbocycles. The molecule has 0 unspecified atom stereocenters. The van der Waals surface area contributed by atoms with Crippen molar-refractivity contribution < 1.29 is 4.39 Å². The van der Waals surface area contributed by atoms with E-state index >= 15 is 0 Å². The molecule has 1 N–H and O–H groups in total. The molecular formula is C15H16FN5O. The third-order valence-electron chi connectivity index (χ3n) is 3.53. The molecule has 0 saturated heterocycles. The second-order valence-electron chi connectivity index (χ2n) is 5.18. The lowest BCUT2D eigenvalue weighted by molar-refractivity contribution is 0.624. The molecule has 0 fully saturated rings. The minimum atomic E-state index is -0.268. The van der Waals surface area contributed by atoms with Crippen LogP contribution < -0.4 is 5.69 Å². The molecule has 3 aromatic rings. The van der Waals surface area contributed by atoms with Crippen LogP contribution in [0.3, 0.4) is 0 Å². The molecule has 0 saturated carbocycles. The van der Waals surface area contributed by atoms with Gasteiger partial charge in [-0.15, -0.1) is 0 Å². The second-order valence-corrected chi connectivity index (χ2v) is 5.18. The van der Waals surface area contributed by atoms with Gasteiger partial charge >= 0.3 is 5.69 Å². The molecule has 0 aliphatic heterocycles. The number of halogens is 1. The van der Waals surface area contributed by atoms with Gasteiger partial charge in [-0.1, -0.05) is 12.1 Å². The number of aromatic amines is 1. The fourth-order valence-corrected chi connectivity index (χ4v) is 2.43. The van der Waals surface area contributed by atoms with Crippen LogP contribution in [0, 0.1) is 12.7 Å². The van der Waals surface area contributed by atoms with Gasteiger partial charge in [-0.25, -0.2) is 14.3 Å². The van der Waals surface area contributed by atoms with Crippen LogP contribution in [0.2, 0.25) is 0 Å². The Bertz CT molecular complexity index is 844. The Hall–Kier alpha value is -2.70. The number of aromatic nitrogens is 5. The number of nitrogens with zero attached hydrogens (tertiary/aromatic N) is 4. The van der Waals surface area contributed by atoms with Crippen molar-refractivity contribution in [2.45, 2.75) is 19.9 Å². The zero-order valence-corrected chi connectivity index (χ0v) is 12.4. The second kappa shape index (κ2) is 5.59. The van der Waals surface area contributed by atoms with Gasteiger partial charge in [-0.2, -0.15) is 10.2 Å². The number of H-pyrrole nitrogens is 1. The Morgan fingerprint density at radius 2 is 2.00 bits per heavy atom. The topological polar surface area (TPSA) is 68.5 Å². The quantitative estimate of drug-likeness (QED) is 0.797. The highest BCUT2D eigenvalue weighted by atomic mass is 19.1. The standard InChI is InChI=1S/C15H16FN5O/c1-10-9-13(20(2)19-10)14-17-18-15(22)21(14)8-7-11-3-5-12(16)6-4-11/h3-6,9H,7-8H2,1-2H3,(H,18,22). The van der Waals surface area contributed by atoms with Crippen LogP contribution in [0.15, 0.2) is 35.1 Å².